The molecule has 0 fully saturated rings. The predicted octanol–water partition coefficient (Wildman–Crippen LogP) is 5.39. The molecule has 0 aliphatic carbocycles. The number of imide groups is 1. The van der Waals surface area contributed by atoms with E-state index in [0.29, 0.717) is 21.7 Å². The van der Waals surface area contributed by atoms with Gasteiger partial charge in [-0.1, -0.05) is 6.58 Å². The highest BCUT2D eigenvalue weighted by atomic mass is 19.1. The standard InChI is InChI=1S/C22H27FN4O4/c1-13(2)17-18(25-12-16(26-17)14-9-15(23)11-24-10-14)27(19(28)30-21(3,4)5)20(29)31-22(6,7)8/h9-12H,1H2,2-8H3. The summed E-state index contributed by atoms with van der Waals surface area (Å²) in [6.07, 6.45) is 1.85. The van der Waals surface area contributed by atoms with E-state index in [4.69, 9.17) is 9.47 Å². The highest BCUT2D eigenvalue weighted by Crippen LogP contribution is 2.28. The number of carbonyl (C=O) groups is 2. The van der Waals surface area contributed by atoms with Crippen molar-refractivity contribution in [3.8, 4) is 11.3 Å². The van der Waals surface area contributed by atoms with Crippen molar-refractivity contribution in [3.63, 3.8) is 0 Å². The smallest absolute Gasteiger partial charge is 0.425 e. The lowest BCUT2D eigenvalue weighted by Crippen LogP contribution is -2.44. The van der Waals surface area contributed by atoms with Crippen LogP contribution in [0.15, 0.2) is 31.2 Å². The number of carbonyl (C=O) groups excluding carboxylic acids is 2. The van der Waals surface area contributed by atoms with E-state index < -0.39 is 29.2 Å². The van der Waals surface area contributed by atoms with Crippen molar-refractivity contribution in [2.45, 2.75) is 59.7 Å². The molecule has 2 aromatic heterocycles. The van der Waals surface area contributed by atoms with Gasteiger partial charge in [-0.15, -0.1) is 0 Å². The van der Waals surface area contributed by atoms with Gasteiger partial charge in [0.1, 0.15) is 22.7 Å². The third-order valence-corrected chi connectivity index (χ3v) is 3.52. The van der Waals surface area contributed by atoms with Crippen LogP contribution in [0.2, 0.25) is 0 Å². The number of nitrogens with zero attached hydrogens (tertiary/aromatic N) is 4. The second-order valence-electron chi connectivity index (χ2n) is 8.90. The summed E-state index contributed by atoms with van der Waals surface area (Å²) < 4.78 is 24.4. The molecule has 0 spiro atoms. The molecule has 8 nitrogen and oxygen atoms in total. The van der Waals surface area contributed by atoms with Crippen molar-refractivity contribution in [2.75, 3.05) is 4.90 Å². The molecule has 0 aromatic carbocycles. The van der Waals surface area contributed by atoms with Crippen molar-refractivity contribution in [3.05, 3.63) is 42.7 Å². The minimum atomic E-state index is -0.973. The Morgan fingerprint density at radius 2 is 1.55 bits per heavy atom. The largest absolute Gasteiger partial charge is 0.443 e. The maximum absolute atomic E-state index is 13.6. The predicted molar refractivity (Wildman–Crippen MR) is 115 cm³/mol. The Balaban J connectivity index is 2.61. The molecule has 166 valence electrons. The van der Waals surface area contributed by atoms with Crippen molar-refractivity contribution in [1.29, 1.82) is 0 Å². The van der Waals surface area contributed by atoms with Gasteiger partial charge in [-0.3, -0.25) is 4.98 Å². The van der Waals surface area contributed by atoms with Crippen LogP contribution in [0, 0.1) is 5.82 Å². The molecule has 9 heteroatoms. The van der Waals surface area contributed by atoms with Crippen molar-refractivity contribution in [1.82, 2.24) is 15.0 Å². The maximum atomic E-state index is 13.6. The fourth-order valence-corrected chi connectivity index (χ4v) is 2.39. The Bertz CT molecular complexity index is 981. The minimum Gasteiger partial charge on any atom is -0.443 e. The quantitative estimate of drug-likeness (QED) is 0.644. The number of anilines is 1. The van der Waals surface area contributed by atoms with E-state index in [-0.39, 0.29) is 11.5 Å². The summed E-state index contributed by atoms with van der Waals surface area (Å²) in [6, 6.07) is 1.25. The van der Waals surface area contributed by atoms with Gasteiger partial charge in [-0.05, 0) is 60.1 Å². The number of allylic oxidation sites excluding steroid dienone is 1. The van der Waals surface area contributed by atoms with Gasteiger partial charge in [0.25, 0.3) is 0 Å². The number of ether oxygens (including phenoxy) is 2. The SMILES string of the molecule is C=C(C)c1nc(-c2cncc(F)c2)cnc1N(C(=O)OC(C)(C)C)C(=O)OC(C)(C)C. The topological polar surface area (TPSA) is 94.5 Å². The van der Waals surface area contributed by atoms with Crippen LogP contribution in [0.3, 0.4) is 0 Å². The molecule has 0 aliphatic rings. The van der Waals surface area contributed by atoms with Gasteiger partial charge in [-0.2, -0.15) is 4.90 Å². The van der Waals surface area contributed by atoms with Gasteiger partial charge < -0.3 is 9.47 Å². The Morgan fingerprint density at radius 3 is 2.00 bits per heavy atom. The van der Waals surface area contributed by atoms with Crippen LogP contribution < -0.4 is 4.90 Å². The van der Waals surface area contributed by atoms with Crippen LogP contribution in [0.1, 0.15) is 54.2 Å². The van der Waals surface area contributed by atoms with E-state index >= 15 is 0 Å². The van der Waals surface area contributed by atoms with Crippen LogP contribution in [0.25, 0.3) is 16.8 Å². The zero-order valence-corrected chi connectivity index (χ0v) is 18.8. The zero-order valence-electron chi connectivity index (χ0n) is 18.8. The summed E-state index contributed by atoms with van der Waals surface area (Å²) in [4.78, 5) is 39.0. The van der Waals surface area contributed by atoms with Gasteiger partial charge >= 0.3 is 12.2 Å². The molecule has 0 aliphatic heterocycles. The van der Waals surface area contributed by atoms with Gasteiger partial charge in [0, 0.05) is 11.8 Å². The number of hydrogen-bond acceptors (Lipinski definition) is 7. The molecule has 2 rings (SSSR count). The first-order valence-electron chi connectivity index (χ1n) is 9.58. The monoisotopic (exact) mass is 430 g/mol. The molecule has 2 amide bonds. The molecule has 0 saturated heterocycles. The molecule has 2 aromatic rings. The van der Waals surface area contributed by atoms with Crippen molar-refractivity contribution < 1.29 is 23.5 Å². The van der Waals surface area contributed by atoms with E-state index in [1.54, 1.807) is 48.5 Å². The van der Waals surface area contributed by atoms with E-state index in [0.717, 1.165) is 6.20 Å². The molecule has 0 saturated carbocycles. The van der Waals surface area contributed by atoms with Crippen LogP contribution >= 0.6 is 0 Å². The van der Waals surface area contributed by atoms with Crippen molar-refractivity contribution >= 4 is 23.6 Å². The molecule has 0 unspecified atom stereocenters. The first kappa shape index (κ1) is 23.9. The molecule has 0 radical (unpaired) electrons. The van der Waals surface area contributed by atoms with Gasteiger partial charge in [-0.25, -0.2) is 23.9 Å². The third-order valence-electron chi connectivity index (χ3n) is 3.52. The average molecular weight is 430 g/mol. The number of amides is 2. The van der Waals surface area contributed by atoms with E-state index in [1.165, 1.54) is 18.5 Å². The number of halogens is 1. The number of hydrogen-bond donors (Lipinski definition) is 0. The Morgan fingerprint density at radius 1 is 1.00 bits per heavy atom. The molecular formula is C22H27FN4O4. The molecule has 31 heavy (non-hydrogen) atoms. The fraction of sp³-hybridized carbons (Fsp3) is 0.409. The molecule has 0 atom stereocenters. The lowest BCUT2D eigenvalue weighted by molar-refractivity contribution is 0.0428. The minimum absolute atomic E-state index is 0.107. The third kappa shape index (κ3) is 6.56. The second kappa shape index (κ2) is 8.79. The van der Waals surface area contributed by atoms with E-state index in [2.05, 4.69) is 21.5 Å². The highest BCUT2D eigenvalue weighted by Gasteiger charge is 2.35. The summed E-state index contributed by atoms with van der Waals surface area (Å²) >= 11 is 0. The Kier molecular flexibility index (Phi) is 6.78. The first-order valence-corrected chi connectivity index (χ1v) is 9.58. The van der Waals surface area contributed by atoms with Crippen LogP contribution in [-0.2, 0) is 9.47 Å². The normalized spacial score (nSPS) is 11.6. The molecule has 0 bridgehead atoms. The molecule has 2 heterocycles. The van der Waals surface area contributed by atoms with Crippen LogP contribution in [-0.4, -0.2) is 38.3 Å². The van der Waals surface area contributed by atoms with Crippen LogP contribution in [0.4, 0.5) is 19.8 Å². The fourth-order valence-electron chi connectivity index (χ4n) is 2.39. The number of rotatable bonds is 3. The van der Waals surface area contributed by atoms with Gasteiger partial charge in [0.15, 0.2) is 5.82 Å². The van der Waals surface area contributed by atoms with Gasteiger partial charge in [0.05, 0.1) is 18.1 Å². The zero-order chi connectivity index (χ0) is 23.6. The molecular weight excluding hydrogens is 403 g/mol. The number of aromatic nitrogens is 3. The second-order valence-corrected chi connectivity index (χ2v) is 8.90. The van der Waals surface area contributed by atoms with Crippen molar-refractivity contribution in [2.24, 2.45) is 0 Å². The first-order chi connectivity index (χ1) is 14.2. The Labute approximate surface area is 181 Å². The molecule has 0 N–H and O–H groups in total. The summed E-state index contributed by atoms with van der Waals surface area (Å²) in [6.45, 7) is 15.5. The summed E-state index contributed by atoms with van der Waals surface area (Å²) in [7, 11) is 0. The maximum Gasteiger partial charge on any atom is 0.425 e. The average Bonchev–Trinajstić information content (AvgIpc) is 2.58. The summed E-state index contributed by atoms with van der Waals surface area (Å²) in [5.41, 5.74) is -0.503. The van der Waals surface area contributed by atoms with Gasteiger partial charge in [0.2, 0.25) is 0 Å². The van der Waals surface area contributed by atoms with Crippen LogP contribution in [0.5, 0.6) is 0 Å². The summed E-state index contributed by atoms with van der Waals surface area (Å²) in [5.74, 6) is -0.645. The highest BCUT2D eigenvalue weighted by molar-refractivity contribution is 6.10. The lowest BCUT2D eigenvalue weighted by atomic mass is 10.1. The lowest BCUT2D eigenvalue weighted by Gasteiger charge is -2.28. The number of pyridine rings is 1. The summed E-state index contributed by atoms with van der Waals surface area (Å²) in [5, 5.41) is 0. The Hall–Kier alpha value is -3.36. The van der Waals surface area contributed by atoms with E-state index in [1.807, 2.05) is 0 Å². The van der Waals surface area contributed by atoms with E-state index in [9.17, 15) is 14.0 Å².